The molecule has 2 aromatic carbocycles. The zero-order chi connectivity index (χ0) is 14.7. The summed E-state index contributed by atoms with van der Waals surface area (Å²) >= 11 is 0. The van der Waals surface area contributed by atoms with Gasteiger partial charge in [0, 0.05) is 12.1 Å². The molecule has 0 aromatic heterocycles. The molecule has 0 saturated carbocycles. The van der Waals surface area contributed by atoms with E-state index in [9.17, 15) is 0 Å². The normalized spacial score (nSPS) is 21.4. The van der Waals surface area contributed by atoms with E-state index in [4.69, 9.17) is 0 Å². The van der Waals surface area contributed by atoms with Gasteiger partial charge in [-0.15, -0.1) is 0 Å². The lowest BCUT2D eigenvalue weighted by atomic mass is 9.99. The van der Waals surface area contributed by atoms with E-state index in [0.29, 0.717) is 12.1 Å². The Morgan fingerprint density at radius 3 is 2.71 bits per heavy atom. The third-order valence-electron chi connectivity index (χ3n) is 4.99. The smallest absolute Gasteiger partial charge is 0.0319 e. The summed E-state index contributed by atoms with van der Waals surface area (Å²) in [6.07, 6.45) is 3.86. The van der Waals surface area contributed by atoms with Gasteiger partial charge < -0.3 is 5.32 Å². The summed E-state index contributed by atoms with van der Waals surface area (Å²) < 4.78 is 0. The Hall–Kier alpha value is -1.38. The van der Waals surface area contributed by atoms with Crippen molar-refractivity contribution in [2.45, 2.75) is 38.3 Å². The standard InChI is InChI=1S/C19H26N2/c1-15(21(2)19-8-5-12-20-13-11-19)17-10-9-16-6-3-4-7-18(16)14-17/h3-4,6-7,9-10,14-15,19-20H,5,8,11-13H2,1-2H3. The van der Waals surface area contributed by atoms with Gasteiger partial charge in [-0.25, -0.2) is 0 Å². The Morgan fingerprint density at radius 2 is 1.86 bits per heavy atom. The van der Waals surface area contributed by atoms with Crippen LogP contribution < -0.4 is 5.32 Å². The third kappa shape index (κ3) is 3.28. The highest BCUT2D eigenvalue weighted by Gasteiger charge is 2.21. The number of rotatable bonds is 3. The Bertz CT molecular complexity index is 585. The third-order valence-corrected chi connectivity index (χ3v) is 4.99. The van der Waals surface area contributed by atoms with Crippen LogP contribution in [0.1, 0.15) is 37.8 Å². The first-order chi connectivity index (χ1) is 10.3. The van der Waals surface area contributed by atoms with E-state index in [2.05, 4.69) is 66.7 Å². The molecule has 112 valence electrons. The lowest BCUT2D eigenvalue weighted by Gasteiger charge is -2.33. The van der Waals surface area contributed by atoms with E-state index in [1.807, 2.05) is 0 Å². The molecule has 21 heavy (non-hydrogen) atoms. The quantitative estimate of drug-likeness (QED) is 0.916. The van der Waals surface area contributed by atoms with Crippen LogP contribution in [0.5, 0.6) is 0 Å². The fourth-order valence-corrected chi connectivity index (χ4v) is 3.43. The average Bonchev–Trinajstić information content (AvgIpc) is 2.82. The van der Waals surface area contributed by atoms with Crippen molar-refractivity contribution in [3.8, 4) is 0 Å². The fraction of sp³-hybridized carbons (Fsp3) is 0.474. The molecule has 2 unspecified atom stereocenters. The van der Waals surface area contributed by atoms with Crippen molar-refractivity contribution in [3.63, 3.8) is 0 Å². The maximum Gasteiger partial charge on any atom is 0.0319 e. The number of fused-ring (bicyclic) bond motifs is 1. The van der Waals surface area contributed by atoms with Crippen molar-refractivity contribution in [2.75, 3.05) is 20.1 Å². The van der Waals surface area contributed by atoms with Gasteiger partial charge in [-0.05, 0) is 68.7 Å². The van der Waals surface area contributed by atoms with Gasteiger partial charge in [-0.2, -0.15) is 0 Å². The molecule has 3 rings (SSSR count). The molecular weight excluding hydrogens is 256 g/mol. The van der Waals surface area contributed by atoms with Crippen LogP contribution >= 0.6 is 0 Å². The molecule has 1 fully saturated rings. The zero-order valence-corrected chi connectivity index (χ0v) is 13.2. The van der Waals surface area contributed by atoms with Crippen molar-refractivity contribution in [2.24, 2.45) is 0 Å². The molecule has 1 saturated heterocycles. The average molecular weight is 282 g/mol. The van der Waals surface area contributed by atoms with Crippen molar-refractivity contribution in [1.29, 1.82) is 0 Å². The highest BCUT2D eigenvalue weighted by molar-refractivity contribution is 5.83. The molecule has 1 heterocycles. The predicted molar refractivity (Wildman–Crippen MR) is 90.6 cm³/mol. The molecule has 2 nitrogen and oxygen atoms in total. The minimum absolute atomic E-state index is 0.470. The Balaban J connectivity index is 1.79. The molecular formula is C19H26N2. The summed E-state index contributed by atoms with van der Waals surface area (Å²) in [5.74, 6) is 0. The number of nitrogens with zero attached hydrogens (tertiary/aromatic N) is 1. The Labute approximate surface area is 128 Å². The van der Waals surface area contributed by atoms with Crippen LogP contribution in [0, 0.1) is 0 Å². The van der Waals surface area contributed by atoms with Crippen molar-refractivity contribution in [3.05, 3.63) is 48.0 Å². The first kappa shape index (κ1) is 14.6. The summed E-state index contributed by atoms with van der Waals surface area (Å²) in [4.78, 5) is 2.57. The highest BCUT2D eigenvalue weighted by atomic mass is 15.2. The molecule has 0 spiro atoms. The molecule has 0 amide bonds. The molecule has 1 aliphatic rings. The van der Waals surface area contributed by atoms with Crippen LogP contribution in [-0.2, 0) is 0 Å². The lowest BCUT2D eigenvalue weighted by molar-refractivity contribution is 0.171. The molecule has 0 aliphatic carbocycles. The molecule has 1 N–H and O–H groups in total. The second-order valence-corrected chi connectivity index (χ2v) is 6.28. The predicted octanol–water partition coefficient (Wildman–Crippen LogP) is 3.97. The first-order valence-corrected chi connectivity index (χ1v) is 8.17. The zero-order valence-electron chi connectivity index (χ0n) is 13.2. The monoisotopic (exact) mass is 282 g/mol. The maximum atomic E-state index is 3.51. The number of hydrogen-bond donors (Lipinski definition) is 1. The van der Waals surface area contributed by atoms with Crippen LogP contribution in [0.2, 0.25) is 0 Å². The van der Waals surface area contributed by atoms with Crippen LogP contribution in [0.4, 0.5) is 0 Å². The van der Waals surface area contributed by atoms with Crippen LogP contribution in [0.15, 0.2) is 42.5 Å². The fourth-order valence-electron chi connectivity index (χ4n) is 3.43. The maximum absolute atomic E-state index is 3.51. The van der Waals surface area contributed by atoms with E-state index in [1.165, 1.54) is 42.1 Å². The molecule has 2 atom stereocenters. The van der Waals surface area contributed by atoms with Crippen molar-refractivity contribution < 1.29 is 0 Å². The largest absolute Gasteiger partial charge is 0.317 e. The summed E-state index contributed by atoms with van der Waals surface area (Å²) in [5.41, 5.74) is 1.42. The van der Waals surface area contributed by atoms with Crippen LogP contribution in [-0.4, -0.2) is 31.1 Å². The van der Waals surface area contributed by atoms with E-state index >= 15 is 0 Å². The number of nitrogens with one attached hydrogen (secondary N) is 1. The van der Waals surface area contributed by atoms with Crippen molar-refractivity contribution >= 4 is 10.8 Å². The highest BCUT2D eigenvalue weighted by Crippen LogP contribution is 2.27. The SMILES string of the molecule is CC(c1ccc2ccccc2c1)N(C)C1CCCNCC1. The Kier molecular flexibility index (Phi) is 4.57. The molecule has 0 radical (unpaired) electrons. The summed E-state index contributed by atoms with van der Waals surface area (Å²) in [7, 11) is 2.29. The topological polar surface area (TPSA) is 15.3 Å². The van der Waals surface area contributed by atoms with Gasteiger partial charge in [0.2, 0.25) is 0 Å². The van der Waals surface area contributed by atoms with Gasteiger partial charge in [0.1, 0.15) is 0 Å². The molecule has 0 bridgehead atoms. The van der Waals surface area contributed by atoms with Gasteiger partial charge >= 0.3 is 0 Å². The van der Waals surface area contributed by atoms with Gasteiger partial charge in [-0.3, -0.25) is 4.90 Å². The van der Waals surface area contributed by atoms with Crippen molar-refractivity contribution in [1.82, 2.24) is 10.2 Å². The van der Waals surface area contributed by atoms with E-state index in [0.717, 1.165) is 6.54 Å². The molecule has 1 aliphatic heterocycles. The summed E-state index contributed by atoms with van der Waals surface area (Å²) in [6, 6.07) is 16.7. The first-order valence-electron chi connectivity index (χ1n) is 8.17. The van der Waals surface area contributed by atoms with Gasteiger partial charge in [0.15, 0.2) is 0 Å². The van der Waals surface area contributed by atoms with E-state index < -0.39 is 0 Å². The van der Waals surface area contributed by atoms with E-state index in [1.54, 1.807) is 0 Å². The van der Waals surface area contributed by atoms with Gasteiger partial charge in [0.05, 0.1) is 0 Å². The lowest BCUT2D eigenvalue weighted by Crippen LogP contribution is -2.34. The Morgan fingerprint density at radius 1 is 1.05 bits per heavy atom. The number of hydrogen-bond acceptors (Lipinski definition) is 2. The second kappa shape index (κ2) is 6.59. The van der Waals surface area contributed by atoms with Crippen LogP contribution in [0.3, 0.4) is 0 Å². The number of benzene rings is 2. The van der Waals surface area contributed by atoms with Gasteiger partial charge in [-0.1, -0.05) is 36.4 Å². The summed E-state index contributed by atoms with van der Waals surface area (Å²) in [6.45, 7) is 4.66. The van der Waals surface area contributed by atoms with Gasteiger partial charge in [0.25, 0.3) is 0 Å². The molecule has 2 aromatic rings. The second-order valence-electron chi connectivity index (χ2n) is 6.28. The van der Waals surface area contributed by atoms with E-state index in [-0.39, 0.29) is 0 Å². The minimum atomic E-state index is 0.470. The minimum Gasteiger partial charge on any atom is -0.317 e. The summed E-state index contributed by atoms with van der Waals surface area (Å²) in [5, 5.41) is 6.18. The molecule has 2 heteroatoms. The van der Waals surface area contributed by atoms with Crippen LogP contribution in [0.25, 0.3) is 10.8 Å².